The monoisotopic (exact) mass is 274 g/mol. The second-order valence-electron chi connectivity index (χ2n) is 4.73. The summed E-state index contributed by atoms with van der Waals surface area (Å²) in [4.78, 5) is 12.7. The van der Waals surface area contributed by atoms with Crippen LogP contribution >= 0.6 is 0 Å². The third-order valence-electron chi connectivity index (χ3n) is 3.46. The van der Waals surface area contributed by atoms with Crippen molar-refractivity contribution < 1.29 is 4.79 Å². The van der Waals surface area contributed by atoms with Crippen molar-refractivity contribution >= 4 is 22.3 Å². The second-order valence-corrected chi connectivity index (χ2v) is 4.73. The molecule has 0 atom stereocenters. The summed E-state index contributed by atoms with van der Waals surface area (Å²) in [5.74, 6) is -0.0823. The molecule has 5 heteroatoms. The number of ketones is 1. The van der Waals surface area contributed by atoms with E-state index in [1.165, 1.54) is 0 Å². The van der Waals surface area contributed by atoms with Crippen LogP contribution in [0.4, 0.5) is 0 Å². The number of carbonyl (C=O) groups is 1. The Balaban J connectivity index is 2.03. The first kappa shape index (κ1) is 11.7. The lowest BCUT2D eigenvalue weighted by Crippen LogP contribution is -2.05. The number of pyridine rings is 1. The standard InChI is InChI=1S/C16H10N4O/c21-15(11-6-2-1-3-7-11)13-10-12-8-4-5-9-14(12)20-16(13)17-18-19-20/h1-10H. The smallest absolute Gasteiger partial charge is 0.196 e. The van der Waals surface area contributed by atoms with Crippen LogP contribution in [0.1, 0.15) is 15.9 Å². The van der Waals surface area contributed by atoms with Gasteiger partial charge in [-0.3, -0.25) is 4.79 Å². The van der Waals surface area contributed by atoms with Gasteiger partial charge in [0.05, 0.1) is 11.1 Å². The number of nitrogens with zero attached hydrogens (tertiary/aromatic N) is 4. The Bertz CT molecular complexity index is 960. The Kier molecular flexibility index (Phi) is 2.50. The number of para-hydroxylation sites is 1. The summed E-state index contributed by atoms with van der Waals surface area (Å²) in [5.41, 5.74) is 2.48. The molecule has 0 saturated heterocycles. The maximum absolute atomic E-state index is 12.7. The van der Waals surface area contributed by atoms with Gasteiger partial charge in [0, 0.05) is 10.9 Å². The van der Waals surface area contributed by atoms with Crippen LogP contribution < -0.4 is 0 Å². The molecule has 0 radical (unpaired) electrons. The van der Waals surface area contributed by atoms with Gasteiger partial charge in [-0.2, -0.15) is 4.52 Å². The van der Waals surface area contributed by atoms with Gasteiger partial charge in [-0.15, -0.1) is 5.10 Å². The minimum atomic E-state index is -0.0823. The highest BCUT2D eigenvalue weighted by molar-refractivity contribution is 6.14. The van der Waals surface area contributed by atoms with E-state index >= 15 is 0 Å². The molecule has 0 saturated carbocycles. The molecule has 21 heavy (non-hydrogen) atoms. The van der Waals surface area contributed by atoms with Crippen molar-refractivity contribution in [2.75, 3.05) is 0 Å². The number of hydrogen-bond donors (Lipinski definition) is 0. The maximum Gasteiger partial charge on any atom is 0.196 e. The molecule has 2 heterocycles. The van der Waals surface area contributed by atoms with Gasteiger partial charge < -0.3 is 0 Å². The van der Waals surface area contributed by atoms with Crippen molar-refractivity contribution in [2.45, 2.75) is 0 Å². The highest BCUT2D eigenvalue weighted by Crippen LogP contribution is 2.21. The second kappa shape index (κ2) is 4.49. The zero-order valence-corrected chi connectivity index (χ0v) is 11.0. The number of hydrogen-bond acceptors (Lipinski definition) is 4. The number of fused-ring (bicyclic) bond motifs is 3. The first-order valence-corrected chi connectivity index (χ1v) is 6.54. The molecular formula is C16H10N4O. The maximum atomic E-state index is 12.7. The van der Waals surface area contributed by atoms with E-state index in [2.05, 4.69) is 15.5 Å². The molecule has 0 bridgehead atoms. The summed E-state index contributed by atoms with van der Waals surface area (Å²) in [7, 11) is 0. The number of tetrazole rings is 1. The Morgan fingerprint density at radius 1 is 0.952 bits per heavy atom. The molecule has 0 spiro atoms. The van der Waals surface area contributed by atoms with Crippen molar-refractivity contribution in [3.8, 4) is 0 Å². The Morgan fingerprint density at radius 3 is 2.57 bits per heavy atom. The minimum Gasteiger partial charge on any atom is -0.288 e. The first-order chi connectivity index (χ1) is 10.3. The Morgan fingerprint density at radius 2 is 1.71 bits per heavy atom. The molecule has 4 aromatic rings. The van der Waals surface area contributed by atoms with Gasteiger partial charge in [-0.25, -0.2) is 0 Å². The van der Waals surface area contributed by atoms with Crippen molar-refractivity contribution in [1.82, 2.24) is 20.0 Å². The summed E-state index contributed by atoms with van der Waals surface area (Å²) < 4.78 is 1.60. The molecular weight excluding hydrogens is 264 g/mol. The van der Waals surface area contributed by atoms with E-state index in [0.29, 0.717) is 16.8 Å². The van der Waals surface area contributed by atoms with E-state index in [-0.39, 0.29) is 5.78 Å². The molecule has 0 amide bonds. The molecule has 2 aromatic carbocycles. The largest absolute Gasteiger partial charge is 0.288 e. The van der Waals surface area contributed by atoms with Gasteiger partial charge in [0.15, 0.2) is 11.4 Å². The number of rotatable bonds is 2. The highest BCUT2D eigenvalue weighted by atomic mass is 16.1. The van der Waals surface area contributed by atoms with E-state index in [4.69, 9.17) is 0 Å². The average molecular weight is 274 g/mol. The third kappa shape index (κ3) is 1.79. The van der Waals surface area contributed by atoms with Gasteiger partial charge in [-0.05, 0) is 22.6 Å². The lowest BCUT2D eigenvalue weighted by atomic mass is 10.0. The van der Waals surface area contributed by atoms with Crippen LogP contribution in [0.3, 0.4) is 0 Å². The van der Waals surface area contributed by atoms with Gasteiger partial charge in [0.2, 0.25) is 0 Å². The molecule has 4 rings (SSSR count). The predicted octanol–water partition coefficient (Wildman–Crippen LogP) is 2.51. The highest BCUT2D eigenvalue weighted by Gasteiger charge is 2.17. The molecule has 100 valence electrons. The number of carbonyl (C=O) groups excluding carboxylic acids is 1. The van der Waals surface area contributed by atoms with Crippen LogP contribution in [-0.4, -0.2) is 25.8 Å². The third-order valence-corrected chi connectivity index (χ3v) is 3.46. The molecule has 0 aliphatic rings. The molecule has 5 nitrogen and oxygen atoms in total. The van der Waals surface area contributed by atoms with E-state index in [1.54, 1.807) is 16.6 Å². The molecule has 0 aliphatic heterocycles. The van der Waals surface area contributed by atoms with Crippen molar-refractivity contribution in [3.63, 3.8) is 0 Å². The SMILES string of the molecule is O=C(c1ccccc1)c1cc2ccccc2n2nnnc12. The van der Waals surface area contributed by atoms with E-state index < -0.39 is 0 Å². The van der Waals surface area contributed by atoms with E-state index in [0.717, 1.165) is 10.9 Å². The van der Waals surface area contributed by atoms with Crippen LogP contribution in [0.2, 0.25) is 0 Å². The number of benzene rings is 2. The van der Waals surface area contributed by atoms with Gasteiger partial charge in [-0.1, -0.05) is 48.5 Å². The Hall–Kier alpha value is -3.08. The normalized spacial score (nSPS) is 11.0. The summed E-state index contributed by atoms with van der Waals surface area (Å²) in [6.07, 6.45) is 0. The predicted molar refractivity (Wildman–Crippen MR) is 78.2 cm³/mol. The van der Waals surface area contributed by atoms with E-state index in [9.17, 15) is 4.79 Å². The summed E-state index contributed by atoms with van der Waals surface area (Å²) in [5, 5.41) is 12.6. The fourth-order valence-corrected chi connectivity index (χ4v) is 2.45. The summed E-state index contributed by atoms with van der Waals surface area (Å²) in [6, 6.07) is 18.7. The lowest BCUT2D eigenvalue weighted by molar-refractivity contribution is 0.104. The Labute approximate surface area is 119 Å². The molecule has 2 aromatic heterocycles. The fourth-order valence-electron chi connectivity index (χ4n) is 2.45. The van der Waals surface area contributed by atoms with Crippen LogP contribution in [0.5, 0.6) is 0 Å². The fraction of sp³-hybridized carbons (Fsp3) is 0. The molecule has 0 N–H and O–H groups in total. The van der Waals surface area contributed by atoms with Crippen LogP contribution in [0, 0.1) is 0 Å². The van der Waals surface area contributed by atoms with E-state index in [1.807, 2.05) is 48.5 Å². The zero-order valence-electron chi connectivity index (χ0n) is 11.0. The van der Waals surface area contributed by atoms with Gasteiger partial charge in [0.1, 0.15) is 0 Å². The lowest BCUT2D eigenvalue weighted by Gasteiger charge is -2.05. The topological polar surface area (TPSA) is 60.2 Å². The molecule has 0 aliphatic carbocycles. The van der Waals surface area contributed by atoms with Crippen molar-refractivity contribution in [2.24, 2.45) is 0 Å². The quantitative estimate of drug-likeness (QED) is 0.527. The summed E-state index contributed by atoms with van der Waals surface area (Å²) in [6.45, 7) is 0. The summed E-state index contributed by atoms with van der Waals surface area (Å²) >= 11 is 0. The van der Waals surface area contributed by atoms with Gasteiger partial charge >= 0.3 is 0 Å². The van der Waals surface area contributed by atoms with Gasteiger partial charge in [0.25, 0.3) is 0 Å². The molecule has 0 fully saturated rings. The average Bonchev–Trinajstić information content (AvgIpc) is 3.04. The van der Waals surface area contributed by atoms with Crippen LogP contribution in [0.25, 0.3) is 16.6 Å². The van der Waals surface area contributed by atoms with Crippen LogP contribution in [-0.2, 0) is 0 Å². The zero-order chi connectivity index (χ0) is 14.2. The van der Waals surface area contributed by atoms with Crippen LogP contribution in [0.15, 0.2) is 60.7 Å². The number of aromatic nitrogens is 4. The van der Waals surface area contributed by atoms with Crippen molar-refractivity contribution in [1.29, 1.82) is 0 Å². The minimum absolute atomic E-state index is 0.0823. The molecule has 0 unspecified atom stereocenters. The van der Waals surface area contributed by atoms with Crippen molar-refractivity contribution in [3.05, 3.63) is 71.8 Å². The first-order valence-electron chi connectivity index (χ1n) is 6.54.